The highest BCUT2D eigenvalue weighted by Gasteiger charge is 2.31. The van der Waals surface area contributed by atoms with Crippen LogP contribution in [0.2, 0.25) is 0 Å². The first kappa shape index (κ1) is 21.6. The fourth-order valence-corrected chi connectivity index (χ4v) is 4.32. The van der Waals surface area contributed by atoms with Crippen molar-refractivity contribution in [1.29, 1.82) is 5.26 Å². The first-order valence-electron chi connectivity index (χ1n) is 11.1. The summed E-state index contributed by atoms with van der Waals surface area (Å²) in [5, 5.41) is 9.53. The zero-order chi connectivity index (χ0) is 24.2. The van der Waals surface area contributed by atoms with Crippen molar-refractivity contribution in [3.05, 3.63) is 149 Å². The number of anilines is 3. The number of benzene rings is 4. The van der Waals surface area contributed by atoms with Crippen LogP contribution in [0.4, 0.5) is 17.1 Å². The SMILES string of the molecule is [C-]#[N+]/C(C#N)=C1\C(=Cc2ccc(N(c3ccccc3)c3ccccc3)cc2)C(=O)c2ccccc21. The van der Waals surface area contributed by atoms with E-state index < -0.39 is 0 Å². The van der Waals surface area contributed by atoms with Crippen LogP contribution in [-0.2, 0) is 0 Å². The molecule has 0 spiro atoms. The molecule has 0 aliphatic heterocycles. The lowest BCUT2D eigenvalue weighted by Gasteiger charge is -2.25. The maximum Gasteiger partial charge on any atom is 0.270 e. The Bertz CT molecular complexity index is 1500. The molecule has 4 aromatic carbocycles. The Morgan fingerprint density at radius 2 is 1.26 bits per heavy atom. The third-order valence-electron chi connectivity index (χ3n) is 5.90. The van der Waals surface area contributed by atoms with Crippen molar-refractivity contribution in [2.75, 3.05) is 4.90 Å². The Labute approximate surface area is 204 Å². The van der Waals surface area contributed by atoms with E-state index in [0.717, 1.165) is 22.6 Å². The van der Waals surface area contributed by atoms with Crippen LogP contribution in [0, 0.1) is 17.9 Å². The van der Waals surface area contributed by atoms with Gasteiger partial charge in [-0.3, -0.25) is 4.79 Å². The zero-order valence-electron chi connectivity index (χ0n) is 18.7. The fourth-order valence-electron chi connectivity index (χ4n) is 4.32. The number of nitriles is 1. The predicted octanol–water partition coefficient (Wildman–Crippen LogP) is 7.59. The predicted molar refractivity (Wildman–Crippen MR) is 139 cm³/mol. The molecule has 5 rings (SSSR count). The standard InChI is InChI=1S/C31H19N3O/c1-33-29(21-32)30-26-14-8-9-15-27(26)31(35)28(30)20-22-16-18-25(19-17-22)34(23-10-4-2-5-11-23)24-12-6-3-7-13-24/h2-20H/b28-20?,30-29-. The van der Waals surface area contributed by atoms with Crippen molar-refractivity contribution >= 4 is 34.5 Å². The van der Waals surface area contributed by atoms with Crippen molar-refractivity contribution in [3.8, 4) is 6.07 Å². The third kappa shape index (κ3) is 4.02. The Kier molecular flexibility index (Phi) is 5.78. The summed E-state index contributed by atoms with van der Waals surface area (Å²) in [4.78, 5) is 18.7. The third-order valence-corrected chi connectivity index (χ3v) is 5.90. The molecule has 1 aliphatic carbocycles. The smallest absolute Gasteiger partial charge is 0.270 e. The molecule has 4 aromatic rings. The van der Waals surface area contributed by atoms with Gasteiger partial charge >= 0.3 is 0 Å². The lowest BCUT2D eigenvalue weighted by atomic mass is 10.0. The molecule has 0 saturated heterocycles. The number of Topliss-reactive ketones (excluding diaryl/α,β-unsaturated/α-hetero) is 1. The van der Waals surface area contributed by atoms with E-state index in [9.17, 15) is 10.1 Å². The van der Waals surface area contributed by atoms with Gasteiger partial charge in [0.2, 0.25) is 0 Å². The van der Waals surface area contributed by atoms with Crippen LogP contribution in [0.25, 0.3) is 16.5 Å². The average molecular weight is 450 g/mol. The van der Waals surface area contributed by atoms with E-state index in [1.165, 1.54) is 0 Å². The van der Waals surface area contributed by atoms with Crippen LogP contribution in [-0.4, -0.2) is 5.78 Å². The summed E-state index contributed by atoms with van der Waals surface area (Å²) < 4.78 is 0. The number of allylic oxidation sites excluding steroid dienone is 3. The van der Waals surface area contributed by atoms with Gasteiger partial charge in [-0.1, -0.05) is 72.8 Å². The normalized spacial score (nSPS) is 14.7. The molecule has 0 unspecified atom stereocenters. The van der Waals surface area contributed by atoms with Crippen molar-refractivity contribution < 1.29 is 4.79 Å². The fraction of sp³-hybridized carbons (Fsp3) is 0. The molecule has 0 fully saturated rings. The van der Waals surface area contributed by atoms with Crippen LogP contribution in [0.15, 0.2) is 120 Å². The van der Waals surface area contributed by atoms with Crippen molar-refractivity contribution in [3.63, 3.8) is 0 Å². The Morgan fingerprint density at radius 3 is 1.80 bits per heavy atom. The second-order valence-electron chi connectivity index (χ2n) is 7.98. The monoisotopic (exact) mass is 449 g/mol. The molecule has 4 nitrogen and oxygen atoms in total. The van der Waals surface area contributed by atoms with Crippen LogP contribution in [0.5, 0.6) is 0 Å². The van der Waals surface area contributed by atoms with Gasteiger partial charge in [-0.2, -0.15) is 0 Å². The van der Waals surface area contributed by atoms with Gasteiger partial charge in [-0.25, -0.2) is 10.1 Å². The number of carbonyl (C=O) groups is 1. The van der Waals surface area contributed by atoms with E-state index in [0.29, 0.717) is 22.3 Å². The zero-order valence-corrected chi connectivity index (χ0v) is 18.7. The summed E-state index contributed by atoms with van der Waals surface area (Å²) in [5.41, 5.74) is 5.70. The number of hydrogen-bond donors (Lipinski definition) is 0. The number of hydrogen-bond acceptors (Lipinski definition) is 3. The summed E-state index contributed by atoms with van der Waals surface area (Å²) in [5.74, 6) is -0.175. The minimum Gasteiger partial charge on any atom is -0.311 e. The summed E-state index contributed by atoms with van der Waals surface area (Å²) in [7, 11) is 0. The maximum atomic E-state index is 13.2. The van der Waals surface area contributed by atoms with E-state index in [-0.39, 0.29) is 11.5 Å². The molecule has 1 aliphatic rings. The van der Waals surface area contributed by atoms with Crippen LogP contribution >= 0.6 is 0 Å². The molecular formula is C31H19N3O. The molecular weight excluding hydrogens is 430 g/mol. The van der Waals surface area contributed by atoms with Crippen molar-refractivity contribution in [2.24, 2.45) is 0 Å². The molecule has 0 saturated carbocycles. The molecule has 35 heavy (non-hydrogen) atoms. The van der Waals surface area contributed by atoms with E-state index in [1.54, 1.807) is 24.3 Å². The average Bonchev–Trinajstić information content (AvgIpc) is 3.19. The van der Waals surface area contributed by atoms with Crippen LogP contribution in [0.1, 0.15) is 21.5 Å². The lowest BCUT2D eigenvalue weighted by molar-refractivity contribution is 0.104. The second-order valence-corrected chi connectivity index (χ2v) is 7.98. The van der Waals surface area contributed by atoms with Crippen molar-refractivity contribution in [1.82, 2.24) is 0 Å². The topological polar surface area (TPSA) is 48.5 Å². The quantitative estimate of drug-likeness (QED) is 0.183. The van der Waals surface area contributed by atoms with E-state index in [1.807, 2.05) is 72.8 Å². The molecule has 0 aromatic heterocycles. The van der Waals surface area contributed by atoms with E-state index in [4.69, 9.17) is 6.57 Å². The summed E-state index contributed by atoms with van der Waals surface area (Å²) >= 11 is 0. The summed E-state index contributed by atoms with van der Waals surface area (Å²) in [6.45, 7) is 7.44. The summed E-state index contributed by atoms with van der Waals surface area (Å²) in [6, 6.07) is 37.2. The minimum atomic E-state index is -0.175. The van der Waals surface area contributed by atoms with E-state index >= 15 is 0 Å². The maximum absolute atomic E-state index is 13.2. The molecule has 0 radical (unpaired) electrons. The van der Waals surface area contributed by atoms with Crippen molar-refractivity contribution in [2.45, 2.75) is 0 Å². The first-order valence-corrected chi connectivity index (χ1v) is 11.1. The van der Waals surface area contributed by atoms with E-state index in [2.05, 4.69) is 34.0 Å². The molecule has 0 N–H and O–H groups in total. The van der Waals surface area contributed by atoms with Crippen LogP contribution < -0.4 is 4.90 Å². The second kappa shape index (κ2) is 9.35. The van der Waals surface area contributed by atoms with Gasteiger partial charge in [-0.05, 0) is 53.6 Å². The van der Waals surface area contributed by atoms with Crippen LogP contribution in [0.3, 0.4) is 0 Å². The van der Waals surface area contributed by atoms with Gasteiger partial charge in [-0.15, -0.1) is 0 Å². The first-order chi connectivity index (χ1) is 17.2. The Hall–Kier alpha value is -5.19. The largest absolute Gasteiger partial charge is 0.311 e. The highest BCUT2D eigenvalue weighted by Crippen LogP contribution is 2.40. The number of ketones is 1. The minimum absolute atomic E-state index is 0.0782. The number of carbonyl (C=O) groups excluding carboxylic acids is 1. The molecule has 0 bridgehead atoms. The van der Waals surface area contributed by atoms with Gasteiger partial charge in [0, 0.05) is 33.8 Å². The highest BCUT2D eigenvalue weighted by molar-refractivity contribution is 6.29. The molecule has 164 valence electrons. The number of nitrogens with zero attached hydrogens (tertiary/aromatic N) is 3. The molecule has 0 amide bonds. The molecule has 0 heterocycles. The molecule has 4 heteroatoms. The highest BCUT2D eigenvalue weighted by atomic mass is 16.1. The van der Waals surface area contributed by atoms with Gasteiger partial charge < -0.3 is 4.90 Å². The number of fused-ring (bicyclic) bond motifs is 1. The van der Waals surface area contributed by atoms with Gasteiger partial charge in [0.15, 0.2) is 5.78 Å². The van der Waals surface area contributed by atoms with Gasteiger partial charge in [0.05, 0.1) is 12.6 Å². The lowest BCUT2D eigenvalue weighted by Crippen LogP contribution is -2.09. The Balaban J connectivity index is 1.58. The number of para-hydroxylation sites is 2. The Morgan fingerprint density at radius 1 is 0.743 bits per heavy atom. The number of rotatable bonds is 4. The summed E-state index contributed by atoms with van der Waals surface area (Å²) in [6.07, 6.45) is 1.76. The van der Waals surface area contributed by atoms with Gasteiger partial charge in [0.1, 0.15) is 0 Å². The molecule has 0 atom stereocenters. The van der Waals surface area contributed by atoms with Gasteiger partial charge in [0.25, 0.3) is 5.70 Å².